The fourth-order valence-corrected chi connectivity index (χ4v) is 2.90. The van der Waals surface area contributed by atoms with Crippen LogP contribution in [0.15, 0.2) is 46.8 Å². The van der Waals surface area contributed by atoms with Crippen LogP contribution in [0.2, 0.25) is 0 Å². The van der Waals surface area contributed by atoms with E-state index in [1.54, 1.807) is 19.1 Å². The lowest BCUT2D eigenvalue weighted by atomic mass is 9.81. The van der Waals surface area contributed by atoms with E-state index in [4.69, 9.17) is 9.47 Å². The molecule has 2 rings (SSSR count). The van der Waals surface area contributed by atoms with Gasteiger partial charge in [-0.05, 0) is 31.9 Å². The van der Waals surface area contributed by atoms with Crippen LogP contribution in [0, 0.1) is 10.1 Å². The number of methoxy groups -OCH3 is 1. The van der Waals surface area contributed by atoms with Crippen LogP contribution in [0.4, 0.5) is 5.69 Å². The Hall–Kier alpha value is -2.67. The average molecular weight is 346 g/mol. The van der Waals surface area contributed by atoms with Gasteiger partial charge in [0.25, 0.3) is 5.69 Å². The first-order chi connectivity index (χ1) is 11.9. The number of allylic oxidation sites excluding steroid dienone is 3. The van der Waals surface area contributed by atoms with E-state index in [1.165, 1.54) is 19.2 Å². The topological polar surface area (TPSA) is 90.7 Å². The molecule has 0 saturated carbocycles. The number of dihydropyridines is 1. The van der Waals surface area contributed by atoms with Gasteiger partial charge in [-0.3, -0.25) is 10.1 Å². The second-order valence-electron chi connectivity index (χ2n) is 5.89. The summed E-state index contributed by atoms with van der Waals surface area (Å²) < 4.78 is 10.2. The van der Waals surface area contributed by atoms with Crippen LogP contribution in [-0.2, 0) is 14.3 Å². The summed E-state index contributed by atoms with van der Waals surface area (Å²) in [5, 5.41) is 14.3. The van der Waals surface area contributed by atoms with E-state index in [-0.39, 0.29) is 12.3 Å². The number of carbonyl (C=O) groups excluding carboxylic acids is 1. The largest absolute Gasteiger partial charge is 0.460 e. The van der Waals surface area contributed by atoms with Crippen molar-refractivity contribution in [2.24, 2.45) is 0 Å². The predicted octanol–water partition coefficient (Wildman–Crippen LogP) is 3.04. The molecule has 1 N–H and O–H groups in total. The fourth-order valence-electron chi connectivity index (χ4n) is 2.90. The highest BCUT2D eigenvalue weighted by atomic mass is 16.6. The number of esters is 1. The Kier molecular flexibility index (Phi) is 5.93. The maximum Gasteiger partial charge on any atom is 0.336 e. The summed E-state index contributed by atoms with van der Waals surface area (Å²) in [5.74, 6) is -0.846. The van der Waals surface area contributed by atoms with E-state index in [2.05, 4.69) is 5.32 Å². The predicted molar refractivity (Wildman–Crippen MR) is 92.9 cm³/mol. The molecule has 0 saturated heterocycles. The summed E-state index contributed by atoms with van der Waals surface area (Å²) in [6.45, 7) is 6.07. The highest BCUT2D eigenvalue weighted by Gasteiger charge is 2.32. The minimum atomic E-state index is -0.453. The molecule has 7 heteroatoms. The molecule has 0 amide bonds. The standard InChI is InChI=1S/C18H22N2O5/c1-11-12(2)19-13(3)17(18(21)25-9-8-24-4)16(11)14-6-5-7-15(10-14)20(22)23/h5-7,10,16,19H,8-9H2,1-4H3. The van der Waals surface area contributed by atoms with E-state index < -0.39 is 16.8 Å². The summed E-state index contributed by atoms with van der Waals surface area (Å²) in [6.07, 6.45) is 0. The Morgan fingerprint density at radius 2 is 1.96 bits per heavy atom. The smallest absolute Gasteiger partial charge is 0.336 e. The molecular weight excluding hydrogens is 324 g/mol. The molecule has 0 radical (unpaired) electrons. The number of non-ortho nitro benzene ring substituents is 1. The van der Waals surface area contributed by atoms with Crippen molar-refractivity contribution in [2.75, 3.05) is 20.3 Å². The van der Waals surface area contributed by atoms with Crippen molar-refractivity contribution in [1.82, 2.24) is 5.32 Å². The first kappa shape index (κ1) is 18.7. The number of nitro groups is 1. The molecule has 0 spiro atoms. The van der Waals surface area contributed by atoms with E-state index in [1.807, 2.05) is 13.8 Å². The summed E-state index contributed by atoms with van der Waals surface area (Å²) in [4.78, 5) is 23.3. The first-order valence-corrected chi connectivity index (χ1v) is 7.92. The molecule has 0 aliphatic carbocycles. The van der Waals surface area contributed by atoms with Crippen molar-refractivity contribution in [3.63, 3.8) is 0 Å². The average Bonchev–Trinajstić information content (AvgIpc) is 2.58. The number of ether oxygens (including phenoxy) is 2. The van der Waals surface area contributed by atoms with E-state index in [0.717, 1.165) is 11.3 Å². The van der Waals surface area contributed by atoms with Gasteiger partial charge in [-0.2, -0.15) is 0 Å². The van der Waals surface area contributed by atoms with Crippen molar-refractivity contribution in [3.05, 3.63) is 62.5 Å². The summed E-state index contributed by atoms with van der Waals surface area (Å²) in [6, 6.07) is 6.35. The van der Waals surface area contributed by atoms with Crippen LogP contribution in [0.3, 0.4) is 0 Å². The molecule has 25 heavy (non-hydrogen) atoms. The van der Waals surface area contributed by atoms with Crippen molar-refractivity contribution < 1.29 is 19.2 Å². The van der Waals surface area contributed by atoms with Crippen molar-refractivity contribution >= 4 is 11.7 Å². The van der Waals surface area contributed by atoms with Crippen LogP contribution in [0.1, 0.15) is 32.3 Å². The summed E-state index contributed by atoms with van der Waals surface area (Å²) in [7, 11) is 1.53. The zero-order valence-electron chi connectivity index (χ0n) is 14.8. The molecule has 0 bridgehead atoms. The Labute approximate surface area is 146 Å². The third kappa shape index (κ3) is 4.06. The molecule has 1 aromatic rings. The van der Waals surface area contributed by atoms with Gasteiger partial charge < -0.3 is 14.8 Å². The lowest BCUT2D eigenvalue weighted by molar-refractivity contribution is -0.384. The van der Waals surface area contributed by atoms with Gasteiger partial charge in [0, 0.05) is 36.6 Å². The van der Waals surface area contributed by atoms with E-state index >= 15 is 0 Å². The second-order valence-corrected chi connectivity index (χ2v) is 5.89. The maximum atomic E-state index is 12.6. The van der Waals surface area contributed by atoms with Gasteiger partial charge in [-0.15, -0.1) is 0 Å². The van der Waals surface area contributed by atoms with Crippen LogP contribution in [0.25, 0.3) is 0 Å². The number of rotatable bonds is 6. The molecule has 1 aliphatic rings. The van der Waals surface area contributed by atoms with Crippen LogP contribution >= 0.6 is 0 Å². The minimum absolute atomic E-state index is 0.00811. The summed E-state index contributed by atoms with van der Waals surface area (Å²) in [5.41, 5.74) is 3.66. The minimum Gasteiger partial charge on any atom is -0.460 e. The third-order valence-electron chi connectivity index (χ3n) is 4.25. The summed E-state index contributed by atoms with van der Waals surface area (Å²) >= 11 is 0. The Bertz CT molecular complexity index is 752. The van der Waals surface area contributed by atoms with Gasteiger partial charge in [0.15, 0.2) is 0 Å². The molecule has 0 aromatic heterocycles. The van der Waals surface area contributed by atoms with Gasteiger partial charge in [0.1, 0.15) is 6.61 Å². The van der Waals surface area contributed by atoms with Crippen molar-refractivity contribution in [3.8, 4) is 0 Å². The number of benzene rings is 1. The van der Waals surface area contributed by atoms with E-state index in [0.29, 0.717) is 23.4 Å². The maximum absolute atomic E-state index is 12.6. The lowest BCUT2D eigenvalue weighted by Crippen LogP contribution is -2.28. The zero-order chi connectivity index (χ0) is 18.6. The molecule has 134 valence electrons. The molecule has 1 heterocycles. The molecule has 7 nitrogen and oxygen atoms in total. The molecule has 1 aliphatic heterocycles. The Morgan fingerprint density at radius 1 is 1.24 bits per heavy atom. The number of nitrogens with one attached hydrogen (secondary N) is 1. The van der Waals surface area contributed by atoms with Crippen molar-refractivity contribution in [1.29, 1.82) is 0 Å². The normalized spacial score (nSPS) is 17.4. The monoisotopic (exact) mass is 346 g/mol. The first-order valence-electron chi connectivity index (χ1n) is 7.92. The lowest BCUT2D eigenvalue weighted by Gasteiger charge is -2.30. The van der Waals surface area contributed by atoms with Crippen LogP contribution in [-0.4, -0.2) is 31.2 Å². The molecular formula is C18H22N2O5. The highest BCUT2D eigenvalue weighted by molar-refractivity contribution is 5.92. The number of carbonyl (C=O) groups is 1. The number of hydrogen-bond donors (Lipinski definition) is 1. The quantitative estimate of drug-likeness (QED) is 0.368. The van der Waals surface area contributed by atoms with Crippen LogP contribution < -0.4 is 5.32 Å². The van der Waals surface area contributed by atoms with Gasteiger partial charge >= 0.3 is 5.97 Å². The Morgan fingerprint density at radius 3 is 2.60 bits per heavy atom. The van der Waals surface area contributed by atoms with Crippen LogP contribution in [0.5, 0.6) is 0 Å². The molecule has 0 fully saturated rings. The highest BCUT2D eigenvalue weighted by Crippen LogP contribution is 2.39. The van der Waals surface area contributed by atoms with Gasteiger partial charge in [0.05, 0.1) is 17.1 Å². The van der Waals surface area contributed by atoms with Gasteiger partial charge in [-0.25, -0.2) is 4.79 Å². The number of nitro benzene ring substituents is 1. The molecule has 1 unspecified atom stereocenters. The van der Waals surface area contributed by atoms with Gasteiger partial charge in [0.2, 0.25) is 0 Å². The third-order valence-corrected chi connectivity index (χ3v) is 4.25. The molecule has 1 aromatic carbocycles. The molecule has 1 atom stereocenters. The van der Waals surface area contributed by atoms with E-state index in [9.17, 15) is 14.9 Å². The number of hydrogen-bond acceptors (Lipinski definition) is 6. The number of nitrogens with zero attached hydrogens (tertiary/aromatic N) is 1. The SMILES string of the molecule is COCCOC(=O)C1=C(C)NC(C)=C(C)C1c1cccc([N+](=O)[O-])c1. The van der Waals surface area contributed by atoms with Crippen molar-refractivity contribution in [2.45, 2.75) is 26.7 Å². The van der Waals surface area contributed by atoms with Gasteiger partial charge in [-0.1, -0.05) is 12.1 Å². The Balaban J connectivity index is 2.45. The zero-order valence-corrected chi connectivity index (χ0v) is 14.8. The fraction of sp³-hybridized carbons (Fsp3) is 0.389. The second kappa shape index (κ2) is 7.94.